The maximum atomic E-state index is 12.5. The van der Waals surface area contributed by atoms with Crippen molar-refractivity contribution in [3.05, 3.63) is 47.0 Å². The van der Waals surface area contributed by atoms with Gasteiger partial charge in [-0.1, -0.05) is 29.0 Å². The number of amides is 3. The summed E-state index contributed by atoms with van der Waals surface area (Å²) in [5.74, 6) is -0.409. The first kappa shape index (κ1) is 19.2. The maximum absolute atomic E-state index is 12.5. The molecule has 1 fully saturated rings. The molecule has 8 nitrogen and oxygen atoms in total. The molecule has 1 aromatic heterocycles. The van der Waals surface area contributed by atoms with Gasteiger partial charge in [-0.25, -0.2) is 4.98 Å². The van der Waals surface area contributed by atoms with Gasteiger partial charge in [-0.15, -0.1) is 0 Å². The number of anilines is 2. The number of halogens is 1. The summed E-state index contributed by atoms with van der Waals surface area (Å²) in [4.78, 5) is 41.8. The SMILES string of the molecule is COc1ccc(Cl)c2sc(NNC(=O)c3cccc(N4C(=O)CCC4=O)c3)nc12. The third kappa shape index (κ3) is 3.62. The smallest absolute Gasteiger partial charge is 0.269 e. The van der Waals surface area contributed by atoms with Crippen molar-refractivity contribution in [3.63, 3.8) is 0 Å². The van der Waals surface area contributed by atoms with Crippen molar-refractivity contribution in [1.82, 2.24) is 10.4 Å². The number of rotatable bonds is 5. The summed E-state index contributed by atoms with van der Waals surface area (Å²) < 4.78 is 6.01. The molecule has 0 aliphatic carbocycles. The zero-order valence-corrected chi connectivity index (χ0v) is 16.8. The van der Waals surface area contributed by atoms with Crippen LogP contribution >= 0.6 is 22.9 Å². The van der Waals surface area contributed by atoms with Crippen LogP contribution in [0.2, 0.25) is 5.02 Å². The van der Waals surface area contributed by atoms with E-state index in [1.807, 2.05) is 0 Å². The Hall–Kier alpha value is -3.17. The van der Waals surface area contributed by atoms with E-state index in [0.29, 0.717) is 32.7 Å². The van der Waals surface area contributed by atoms with Crippen molar-refractivity contribution in [2.24, 2.45) is 0 Å². The summed E-state index contributed by atoms with van der Waals surface area (Å²) in [5.41, 5.74) is 6.58. The number of ether oxygens (including phenoxy) is 1. The second-order valence-corrected chi connectivity index (χ2v) is 7.61. The predicted octanol–water partition coefficient (Wildman–Crippen LogP) is 3.37. The van der Waals surface area contributed by atoms with Crippen molar-refractivity contribution in [3.8, 4) is 5.75 Å². The standard InChI is InChI=1S/C19H15ClN4O4S/c1-28-13-6-5-12(20)17-16(13)21-19(29-17)23-22-18(27)10-3-2-4-11(9-10)24-14(25)7-8-15(24)26/h2-6,9H,7-8H2,1H3,(H,21,23)(H,22,27). The Morgan fingerprint density at radius 1 is 1.21 bits per heavy atom. The molecule has 3 amide bonds. The van der Waals surface area contributed by atoms with Crippen molar-refractivity contribution < 1.29 is 19.1 Å². The molecular weight excluding hydrogens is 416 g/mol. The van der Waals surface area contributed by atoms with Crippen molar-refractivity contribution >= 4 is 61.7 Å². The fourth-order valence-corrected chi connectivity index (χ4v) is 4.11. The molecule has 29 heavy (non-hydrogen) atoms. The Labute approximate surface area is 174 Å². The first-order valence-corrected chi connectivity index (χ1v) is 9.82. The van der Waals surface area contributed by atoms with E-state index in [1.165, 1.54) is 17.4 Å². The van der Waals surface area contributed by atoms with E-state index in [9.17, 15) is 14.4 Å². The molecule has 0 saturated carbocycles. The highest BCUT2D eigenvalue weighted by Gasteiger charge is 2.30. The third-order valence-electron chi connectivity index (χ3n) is 4.38. The number of thiazole rings is 1. The molecule has 148 valence electrons. The van der Waals surface area contributed by atoms with E-state index in [-0.39, 0.29) is 24.7 Å². The van der Waals surface area contributed by atoms with E-state index < -0.39 is 5.91 Å². The van der Waals surface area contributed by atoms with Crippen molar-refractivity contribution in [2.45, 2.75) is 12.8 Å². The van der Waals surface area contributed by atoms with Gasteiger partial charge in [0.2, 0.25) is 16.9 Å². The normalized spacial score (nSPS) is 13.8. The van der Waals surface area contributed by atoms with Crippen LogP contribution in [-0.4, -0.2) is 29.8 Å². The molecule has 4 rings (SSSR count). The van der Waals surface area contributed by atoms with Gasteiger partial charge in [0.05, 0.1) is 22.5 Å². The third-order valence-corrected chi connectivity index (χ3v) is 5.81. The Kier molecular flexibility index (Phi) is 5.08. The van der Waals surface area contributed by atoms with Crippen molar-refractivity contribution in [1.29, 1.82) is 0 Å². The van der Waals surface area contributed by atoms with E-state index in [2.05, 4.69) is 15.8 Å². The van der Waals surface area contributed by atoms with E-state index in [0.717, 1.165) is 9.60 Å². The fraction of sp³-hybridized carbons (Fsp3) is 0.158. The van der Waals surface area contributed by atoms with Crippen LogP contribution in [0.15, 0.2) is 36.4 Å². The Morgan fingerprint density at radius 2 is 1.97 bits per heavy atom. The molecule has 0 radical (unpaired) electrons. The summed E-state index contributed by atoms with van der Waals surface area (Å²) >= 11 is 7.47. The molecular formula is C19H15ClN4O4S. The molecule has 1 aliphatic heterocycles. The number of carbonyl (C=O) groups is 3. The molecule has 0 unspecified atom stereocenters. The minimum absolute atomic E-state index is 0.181. The number of aromatic nitrogens is 1. The van der Waals surface area contributed by atoms with E-state index >= 15 is 0 Å². The van der Waals surface area contributed by atoms with Crippen LogP contribution in [0.5, 0.6) is 5.75 Å². The lowest BCUT2D eigenvalue weighted by atomic mass is 10.2. The van der Waals surface area contributed by atoms with Gasteiger partial charge in [0.15, 0.2) is 0 Å². The van der Waals surface area contributed by atoms with Crippen LogP contribution in [0, 0.1) is 0 Å². The molecule has 0 atom stereocenters. The molecule has 2 aromatic carbocycles. The summed E-state index contributed by atoms with van der Waals surface area (Å²) in [6.07, 6.45) is 0.362. The number of nitrogens with one attached hydrogen (secondary N) is 2. The minimum Gasteiger partial charge on any atom is -0.494 e. The molecule has 2 N–H and O–H groups in total. The lowest BCUT2D eigenvalue weighted by Crippen LogP contribution is -2.31. The first-order chi connectivity index (χ1) is 14.0. The summed E-state index contributed by atoms with van der Waals surface area (Å²) in [6.45, 7) is 0. The number of imide groups is 1. The molecule has 1 aliphatic rings. The summed E-state index contributed by atoms with van der Waals surface area (Å²) in [6, 6.07) is 9.76. The van der Waals surface area contributed by atoms with Crippen LogP contribution < -0.4 is 20.5 Å². The molecule has 3 aromatic rings. The quantitative estimate of drug-likeness (QED) is 0.475. The molecule has 2 heterocycles. The predicted molar refractivity (Wildman–Crippen MR) is 110 cm³/mol. The average Bonchev–Trinajstić information content (AvgIpc) is 3.30. The average molecular weight is 431 g/mol. The van der Waals surface area contributed by atoms with Gasteiger partial charge >= 0.3 is 0 Å². The number of hydrazine groups is 1. The molecule has 10 heteroatoms. The van der Waals surface area contributed by atoms with Gasteiger partial charge in [-0.05, 0) is 30.3 Å². The second-order valence-electron chi connectivity index (χ2n) is 6.20. The first-order valence-electron chi connectivity index (χ1n) is 8.63. The number of carbonyl (C=O) groups excluding carboxylic acids is 3. The van der Waals surface area contributed by atoms with Crippen molar-refractivity contribution in [2.75, 3.05) is 17.4 Å². The van der Waals surface area contributed by atoms with Crippen LogP contribution in [-0.2, 0) is 9.59 Å². The van der Waals surface area contributed by atoms with Gasteiger partial charge in [-0.2, -0.15) is 0 Å². The van der Waals surface area contributed by atoms with Crippen LogP contribution in [0.4, 0.5) is 10.8 Å². The number of fused-ring (bicyclic) bond motifs is 1. The topological polar surface area (TPSA) is 101 Å². The lowest BCUT2D eigenvalue weighted by Gasteiger charge is -2.14. The number of methoxy groups -OCH3 is 1. The van der Waals surface area contributed by atoms with Gasteiger partial charge < -0.3 is 4.74 Å². The minimum atomic E-state index is -0.441. The number of hydrogen-bond acceptors (Lipinski definition) is 7. The molecule has 1 saturated heterocycles. The highest BCUT2D eigenvalue weighted by Crippen LogP contribution is 2.37. The highest BCUT2D eigenvalue weighted by molar-refractivity contribution is 7.22. The Bertz CT molecular complexity index is 1130. The number of benzene rings is 2. The lowest BCUT2D eigenvalue weighted by molar-refractivity contribution is -0.121. The fourth-order valence-electron chi connectivity index (χ4n) is 3.00. The number of nitrogens with zero attached hydrogens (tertiary/aromatic N) is 2. The van der Waals surface area contributed by atoms with Crippen LogP contribution in [0.25, 0.3) is 10.2 Å². The summed E-state index contributed by atoms with van der Waals surface area (Å²) in [5, 5.41) is 0.964. The van der Waals surface area contributed by atoms with E-state index in [1.54, 1.807) is 37.4 Å². The molecule has 0 spiro atoms. The zero-order valence-electron chi connectivity index (χ0n) is 15.2. The largest absolute Gasteiger partial charge is 0.494 e. The highest BCUT2D eigenvalue weighted by atomic mass is 35.5. The second kappa shape index (κ2) is 7.69. The monoisotopic (exact) mass is 430 g/mol. The van der Waals surface area contributed by atoms with Crippen LogP contribution in [0.3, 0.4) is 0 Å². The van der Waals surface area contributed by atoms with E-state index in [4.69, 9.17) is 16.3 Å². The van der Waals surface area contributed by atoms with Gasteiger partial charge in [0.25, 0.3) is 5.91 Å². The van der Waals surface area contributed by atoms with Crippen LogP contribution in [0.1, 0.15) is 23.2 Å². The number of hydrogen-bond donors (Lipinski definition) is 2. The zero-order chi connectivity index (χ0) is 20.5. The maximum Gasteiger partial charge on any atom is 0.269 e. The van der Waals surface area contributed by atoms with Gasteiger partial charge in [-0.3, -0.25) is 30.1 Å². The van der Waals surface area contributed by atoms with Gasteiger partial charge in [0, 0.05) is 18.4 Å². The Balaban J connectivity index is 1.51. The molecule has 0 bridgehead atoms. The van der Waals surface area contributed by atoms with Gasteiger partial charge in [0.1, 0.15) is 11.3 Å². The Morgan fingerprint density at radius 3 is 2.69 bits per heavy atom. The summed E-state index contributed by atoms with van der Waals surface area (Å²) in [7, 11) is 1.54.